The topological polar surface area (TPSA) is 68.5 Å². The number of carboxylic acid groups (broad SMARTS) is 1. The van der Waals surface area contributed by atoms with E-state index in [2.05, 4.69) is 0 Å². The third-order valence-electron chi connectivity index (χ3n) is 2.91. The Kier molecular flexibility index (Phi) is 3.55. The van der Waals surface area contributed by atoms with Crippen LogP contribution in [0.2, 0.25) is 0 Å². The SMILES string of the molecule is CCOc1cc(C(=O)O)cc2ccc(=O)n(CC)c12. The van der Waals surface area contributed by atoms with Gasteiger partial charge in [0.25, 0.3) is 5.56 Å². The van der Waals surface area contributed by atoms with E-state index in [1.165, 1.54) is 12.1 Å². The lowest BCUT2D eigenvalue weighted by Gasteiger charge is -2.13. The standard InChI is InChI=1S/C14H15NO4/c1-3-15-12(16)6-5-9-7-10(14(17)18)8-11(13(9)15)19-4-2/h5-8H,3-4H2,1-2H3,(H,17,18). The Morgan fingerprint density at radius 1 is 1.32 bits per heavy atom. The van der Waals surface area contributed by atoms with Gasteiger partial charge in [0.05, 0.1) is 17.7 Å². The molecule has 1 N–H and O–H groups in total. The third-order valence-corrected chi connectivity index (χ3v) is 2.91. The quantitative estimate of drug-likeness (QED) is 0.915. The maximum atomic E-state index is 11.8. The Morgan fingerprint density at radius 3 is 2.63 bits per heavy atom. The lowest BCUT2D eigenvalue weighted by molar-refractivity contribution is 0.0696. The molecule has 1 aromatic carbocycles. The molecule has 19 heavy (non-hydrogen) atoms. The molecule has 0 aliphatic rings. The Morgan fingerprint density at radius 2 is 2.05 bits per heavy atom. The van der Waals surface area contributed by atoms with Crippen molar-refractivity contribution in [3.05, 3.63) is 40.2 Å². The Labute approximate surface area is 110 Å². The van der Waals surface area contributed by atoms with Crippen LogP contribution < -0.4 is 10.3 Å². The highest BCUT2D eigenvalue weighted by molar-refractivity contribution is 5.96. The van der Waals surface area contributed by atoms with Crippen LogP contribution in [0, 0.1) is 0 Å². The van der Waals surface area contributed by atoms with Crippen LogP contribution in [-0.2, 0) is 6.54 Å². The molecule has 5 nitrogen and oxygen atoms in total. The number of ether oxygens (including phenoxy) is 1. The molecule has 0 atom stereocenters. The summed E-state index contributed by atoms with van der Waals surface area (Å²) < 4.78 is 7.06. The number of aromatic carboxylic acids is 1. The predicted octanol–water partition coefficient (Wildman–Crippen LogP) is 2.12. The zero-order chi connectivity index (χ0) is 14.0. The largest absolute Gasteiger partial charge is 0.492 e. The number of aromatic nitrogens is 1. The third kappa shape index (κ3) is 2.31. The van der Waals surface area contributed by atoms with Crippen LogP contribution in [0.15, 0.2) is 29.1 Å². The maximum absolute atomic E-state index is 11.8. The molecule has 0 fully saturated rings. The highest BCUT2D eigenvalue weighted by Gasteiger charge is 2.13. The first-order valence-corrected chi connectivity index (χ1v) is 6.12. The van der Waals surface area contributed by atoms with Gasteiger partial charge in [-0.15, -0.1) is 0 Å². The van der Waals surface area contributed by atoms with Crippen molar-refractivity contribution < 1.29 is 14.6 Å². The molecule has 0 bridgehead atoms. The average Bonchev–Trinajstić information content (AvgIpc) is 2.39. The van der Waals surface area contributed by atoms with Crippen molar-refractivity contribution in [3.63, 3.8) is 0 Å². The molecule has 0 saturated carbocycles. The van der Waals surface area contributed by atoms with E-state index in [1.54, 1.807) is 16.7 Å². The number of aryl methyl sites for hydroxylation is 1. The smallest absolute Gasteiger partial charge is 0.335 e. The minimum atomic E-state index is -1.02. The number of fused-ring (bicyclic) bond motifs is 1. The first-order chi connectivity index (χ1) is 9.08. The molecule has 100 valence electrons. The van der Waals surface area contributed by atoms with Gasteiger partial charge >= 0.3 is 5.97 Å². The van der Waals surface area contributed by atoms with E-state index in [-0.39, 0.29) is 11.1 Å². The second kappa shape index (κ2) is 5.14. The normalized spacial score (nSPS) is 10.6. The lowest BCUT2D eigenvalue weighted by Crippen LogP contribution is -2.19. The highest BCUT2D eigenvalue weighted by Crippen LogP contribution is 2.27. The van der Waals surface area contributed by atoms with Crippen molar-refractivity contribution >= 4 is 16.9 Å². The number of hydrogen-bond donors (Lipinski definition) is 1. The van der Waals surface area contributed by atoms with Gasteiger partial charge in [0.2, 0.25) is 0 Å². The van der Waals surface area contributed by atoms with Crippen LogP contribution in [0.25, 0.3) is 10.9 Å². The zero-order valence-electron chi connectivity index (χ0n) is 10.8. The molecule has 0 spiro atoms. The predicted molar refractivity (Wildman–Crippen MR) is 72.0 cm³/mol. The molecule has 0 amide bonds. The van der Waals surface area contributed by atoms with Gasteiger partial charge < -0.3 is 14.4 Å². The summed E-state index contributed by atoms with van der Waals surface area (Å²) in [5.74, 6) is -0.589. The van der Waals surface area contributed by atoms with Gasteiger partial charge in [-0.2, -0.15) is 0 Å². The molecule has 0 saturated heterocycles. The molecule has 0 aliphatic carbocycles. The van der Waals surface area contributed by atoms with Crippen molar-refractivity contribution in [2.24, 2.45) is 0 Å². The molecule has 5 heteroatoms. The number of nitrogens with zero attached hydrogens (tertiary/aromatic N) is 1. The summed E-state index contributed by atoms with van der Waals surface area (Å²) >= 11 is 0. The van der Waals surface area contributed by atoms with Crippen molar-refractivity contribution in [2.45, 2.75) is 20.4 Å². The molecule has 1 heterocycles. The van der Waals surface area contributed by atoms with Crippen LogP contribution in [-0.4, -0.2) is 22.2 Å². The first kappa shape index (κ1) is 13.1. The Balaban J connectivity index is 2.86. The van der Waals surface area contributed by atoms with Gasteiger partial charge in [-0.25, -0.2) is 4.79 Å². The first-order valence-electron chi connectivity index (χ1n) is 6.12. The summed E-state index contributed by atoms with van der Waals surface area (Å²) in [7, 11) is 0. The molecular weight excluding hydrogens is 246 g/mol. The van der Waals surface area contributed by atoms with Crippen molar-refractivity contribution in [1.82, 2.24) is 4.57 Å². The fourth-order valence-corrected chi connectivity index (χ4v) is 2.11. The summed E-state index contributed by atoms with van der Waals surface area (Å²) in [6.07, 6.45) is 0. The van der Waals surface area contributed by atoms with Gasteiger partial charge in [-0.3, -0.25) is 4.79 Å². The van der Waals surface area contributed by atoms with E-state index in [9.17, 15) is 9.59 Å². The average molecular weight is 261 g/mol. The lowest BCUT2D eigenvalue weighted by atomic mass is 10.1. The number of carboxylic acids is 1. The summed E-state index contributed by atoms with van der Waals surface area (Å²) in [5, 5.41) is 9.78. The van der Waals surface area contributed by atoms with Gasteiger partial charge in [-0.05, 0) is 32.0 Å². The summed E-state index contributed by atoms with van der Waals surface area (Å²) in [6.45, 7) is 4.59. The molecule has 0 aliphatic heterocycles. The number of benzene rings is 1. The second-order valence-electron chi connectivity index (χ2n) is 4.07. The summed E-state index contributed by atoms with van der Waals surface area (Å²) in [6, 6.07) is 6.07. The minimum Gasteiger partial charge on any atom is -0.492 e. The van der Waals surface area contributed by atoms with Crippen molar-refractivity contribution in [2.75, 3.05) is 6.61 Å². The molecule has 2 rings (SSSR count). The van der Waals surface area contributed by atoms with Gasteiger partial charge in [0.15, 0.2) is 0 Å². The fourth-order valence-electron chi connectivity index (χ4n) is 2.11. The molecule has 0 unspecified atom stereocenters. The Hall–Kier alpha value is -2.30. The molecule has 1 aromatic heterocycles. The van der Waals surface area contributed by atoms with Crippen molar-refractivity contribution in [3.8, 4) is 5.75 Å². The zero-order valence-corrected chi connectivity index (χ0v) is 10.8. The fraction of sp³-hybridized carbons (Fsp3) is 0.286. The van der Waals surface area contributed by atoms with E-state index in [0.29, 0.717) is 29.8 Å². The summed E-state index contributed by atoms with van der Waals surface area (Å²) in [4.78, 5) is 22.9. The van der Waals surface area contributed by atoms with E-state index in [1.807, 2.05) is 13.8 Å². The number of hydrogen-bond acceptors (Lipinski definition) is 3. The van der Waals surface area contributed by atoms with Crippen LogP contribution >= 0.6 is 0 Å². The van der Waals surface area contributed by atoms with Gasteiger partial charge in [0, 0.05) is 18.0 Å². The number of carbonyl (C=O) groups is 1. The molecule has 2 aromatic rings. The minimum absolute atomic E-state index is 0.126. The van der Waals surface area contributed by atoms with Crippen LogP contribution in [0.3, 0.4) is 0 Å². The van der Waals surface area contributed by atoms with Crippen LogP contribution in [0.4, 0.5) is 0 Å². The van der Waals surface area contributed by atoms with Crippen LogP contribution in [0.1, 0.15) is 24.2 Å². The monoisotopic (exact) mass is 261 g/mol. The van der Waals surface area contributed by atoms with Crippen molar-refractivity contribution in [1.29, 1.82) is 0 Å². The van der Waals surface area contributed by atoms with E-state index in [0.717, 1.165) is 0 Å². The molecular formula is C14H15NO4. The second-order valence-corrected chi connectivity index (χ2v) is 4.07. The Bertz CT molecular complexity index is 688. The maximum Gasteiger partial charge on any atom is 0.335 e. The molecule has 0 radical (unpaired) electrons. The summed E-state index contributed by atoms with van der Waals surface area (Å²) in [5.41, 5.74) is 0.665. The van der Waals surface area contributed by atoms with Gasteiger partial charge in [-0.1, -0.05) is 0 Å². The van der Waals surface area contributed by atoms with E-state index < -0.39 is 5.97 Å². The number of rotatable bonds is 4. The van der Waals surface area contributed by atoms with E-state index >= 15 is 0 Å². The van der Waals surface area contributed by atoms with Crippen LogP contribution in [0.5, 0.6) is 5.75 Å². The van der Waals surface area contributed by atoms with E-state index in [4.69, 9.17) is 9.84 Å². The number of pyridine rings is 1. The highest BCUT2D eigenvalue weighted by atomic mass is 16.5. The van der Waals surface area contributed by atoms with Gasteiger partial charge in [0.1, 0.15) is 5.75 Å².